The second kappa shape index (κ2) is 12.2. The van der Waals surface area contributed by atoms with Crippen LogP contribution < -0.4 is 16.0 Å². The summed E-state index contributed by atoms with van der Waals surface area (Å²) in [6, 6.07) is 7.97. The minimum absolute atomic E-state index is 0.0695. The molecule has 35 heavy (non-hydrogen) atoms. The average Bonchev–Trinajstić information content (AvgIpc) is 3.04. The summed E-state index contributed by atoms with van der Waals surface area (Å²) in [5.74, 6) is -3.23. The van der Waals surface area contributed by atoms with Gasteiger partial charge in [0.2, 0.25) is 0 Å². The predicted octanol–water partition coefficient (Wildman–Crippen LogP) is 2.66. The van der Waals surface area contributed by atoms with Crippen molar-refractivity contribution in [2.24, 2.45) is 17.6 Å². The van der Waals surface area contributed by atoms with Crippen LogP contribution in [0.4, 0.5) is 18.9 Å². The molecule has 11 heteroatoms. The first-order valence-corrected chi connectivity index (χ1v) is 11.4. The molecule has 4 N–H and O–H groups in total. The summed E-state index contributed by atoms with van der Waals surface area (Å²) in [5, 5.41) is 10.4. The van der Waals surface area contributed by atoms with Crippen molar-refractivity contribution in [2.75, 3.05) is 31.1 Å². The molecule has 194 valence electrons. The number of anilines is 1. The zero-order valence-electron chi connectivity index (χ0n) is 19.8. The molecule has 2 amide bonds. The highest BCUT2D eigenvalue weighted by Crippen LogP contribution is 2.32. The van der Waals surface area contributed by atoms with E-state index in [1.807, 2.05) is 24.3 Å². The molecule has 1 aromatic carbocycles. The number of para-hydroxylation sites is 1. The first-order valence-electron chi connectivity index (χ1n) is 11.4. The molecular weight excluding hydrogens is 467 g/mol. The highest BCUT2D eigenvalue weighted by Gasteiger charge is 2.45. The van der Waals surface area contributed by atoms with Crippen molar-refractivity contribution in [3.63, 3.8) is 0 Å². The smallest absolute Gasteiger partial charge is 0.475 e. The molecule has 0 bridgehead atoms. The summed E-state index contributed by atoms with van der Waals surface area (Å²) in [5.41, 5.74) is 6.84. The van der Waals surface area contributed by atoms with Gasteiger partial charge in [-0.1, -0.05) is 38.1 Å². The second-order valence-electron chi connectivity index (χ2n) is 8.90. The third kappa shape index (κ3) is 7.53. The molecule has 2 aliphatic rings. The molecule has 0 saturated carbocycles. The number of carbonyl (C=O) groups excluding carboxylic acids is 2. The van der Waals surface area contributed by atoms with Gasteiger partial charge in [0.1, 0.15) is 0 Å². The van der Waals surface area contributed by atoms with Gasteiger partial charge in [0.25, 0.3) is 11.8 Å². The van der Waals surface area contributed by atoms with Crippen molar-refractivity contribution in [3.05, 3.63) is 42.0 Å². The Morgan fingerprint density at radius 2 is 1.94 bits per heavy atom. The summed E-state index contributed by atoms with van der Waals surface area (Å²) >= 11 is 0. The largest absolute Gasteiger partial charge is 0.490 e. The van der Waals surface area contributed by atoms with E-state index in [0.29, 0.717) is 32.0 Å². The van der Waals surface area contributed by atoms with Crippen LogP contribution in [0.5, 0.6) is 0 Å². The SMILES string of the molecule is CC(C)C[C@@H](C=CC(=O)N1CCc2ccccc21)[C@@]1(C(N)=O)CNCCCO1.O=C(O)C(F)(F)F. The molecule has 0 spiro atoms. The lowest BCUT2D eigenvalue weighted by Crippen LogP contribution is -2.57. The molecule has 3 rings (SSSR count). The summed E-state index contributed by atoms with van der Waals surface area (Å²) in [7, 11) is 0. The van der Waals surface area contributed by atoms with Crippen molar-refractivity contribution in [3.8, 4) is 0 Å². The summed E-state index contributed by atoms with van der Waals surface area (Å²) in [6.07, 6.45) is 0.750. The van der Waals surface area contributed by atoms with Gasteiger partial charge in [0, 0.05) is 31.3 Å². The van der Waals surface area contributed by atoms with Gasteiger partial charge < -0.3 is 25.8 Å². The van der Waals surface area contributed by atoms with Crippen LogP contribution >= 0.6 is 0 Å². The van der Waals surface area contributed by atoms with Crippen molar-refractivity contribution < 1.29 is 37.4 Å². The van der Waals surface area contributed by atoms with Gasteiger partial charge in [0.05, 0.1) is 0 Å². The van der Waals surface area contributed by atoms with E-state index >= 15 is 0 Å². The number of primary amides is 1. The number of nitrogens with zero attached hydrogens (tertiary/aromatic N) is 1. The van der Waals surface area contributed by atoms with Crippen LogP contribution in [0.25, 0.3) is 0 Å². The van der Waals surface area contributed by atoms with Crippen LogP contribution in [0.2, 0.25) is 0 Å². The van der Waals surface area contributed by atoms with Gasteiger partial charge in [-0.25, -0.2) is 4.79 Å². The maximum atomic E-state index is 12.9. The lowest BCUT2D eigenvalue weighted by Gasteiger charge is -2.36. The van der Waals surface area contributed by atoms with Crippen molar-refractivity contribution in [1.29, 1.82) is 0 Å². The number of nitrogens with one attached hydrogen (secondary N) is 1. The summed E-state index contributed by atoms with van der Waals surface area (Å²) in [6.45, 7) is 6.50. The number of rotatable bonds is 6. The number of carboxylic acid groups (broad SMARTS) is 1. The molecule has 2 heterocycles. The number of fused-ring (bicyclic) bond motifs is 1. The summed E-state index contributed by atoms with van der Waals surface area (Å²) in [4.78, 5) is 36.0. The Hall–Kier alpha value is -2.92. The third-order valence-corrected chi connectivity index (χ3v) is 5.85. The van der Waals surface area contributed by atoms with Gasteiger partial charge in [-0.2, -0.15) is 13.2 Å². The molecular formula is C24H32F3N3O5. The number of ether oxygens (including phenoxy) is 1. The fraction of sp³-hybridized carbons (Fsp3) is 0.542. The maximum absolute atomic E-state index is 12.9. The topological polar surface area (TPSA) is 122 Å². The van der Waals surface area contributed by atoms with E-state index in [-0.39, 0.29) is 11.8 Å². The van der Waals surface area contributed by atoms with Gasteiger partial charge in [-0.05, 0) is 49.4 Å². The molecule has 8 nitrogen and oxygen atoms in total. The van der Waals surface area contributed by atoms with Crippen LogP contribution in [0.15, 0.2) is 36.4 Å². The molecule has 0 unspecified atom stereocenters. The first kappa shape index (κ1) is 28.3. The van der Waals surface area contributed by atoms with Crippen LogP contribution in [0.1, 0.15) is 32.3 Å². The monoisotopic (exact) mass is 499 g/mol. The lowest BCUT2D eigenvalue weighted by molar-refractivity contribution is -0.192. The minimum atomic E-state index is -5.08. The Morgan fingerprint density at radius 1 is 1.29 bits per heavy atom. The van der Waals surface area contributed by atoms with E-state index in [0.717, 1.165) is 25.1 Å². The molecule has 0 aliphatic carbocycles. The van der Waals surface area contributed by atoms with Crippen molar-refractivity contribution >= 4 is 23.5 Å². The minimum Gasteiger partial charge on any atom is -0.475 e. The molecule has 1 fully saturated rings. The number of nitrogens with two attached hydrogens (primary N) is 1. The predicted molar refractivity (Wildman–Crippen MR) is 124 cm³/mol. The fourth-order valence-corrected chi connectivity index (χ4v) is 4.14. The number of halogens is 3. The van der Waals surface area contributed by atoms with Gasteiger partial charge in [-0.15, -0.1) is 0 Å². The van der Waals surface area contributed by atoms with Gasteiger partial charge in [-0.3, -0.25) is 9.59 Å². The van der Waals surface area contributed by atoms with E-state index in [2.05, 4.69) is 25.2 Å². The van der Waals surface area contributed by atoms with E-state index in [1.54, 1.807) is 11.0 Å². The van der Waals surface area contributed by atoms with E-state index in [9.17, 15) is 22.8 Å². The normalized spacial score (nSPS) is 21.1. The van der Waals surface area contributed by atoms with Crippen molar-refractivity contribution in [1.82, 2.24) is 5.32 Å². The van der Waals surface area contributed by atoms with Gasteiger partial charge >= 0.3 is 12.1 Å². The molecule has 1 aromatic rings. The Bertz CT molecular complexity index is 925. The number of aliphatic carboxylic acids is 1. The Balaban J connectivity index is 0.000000540. The van der Waals surface area contributed by atoms with E-state index in [1.165, 1.54) is 5.56 Å². The molecule has 0 aromatic heterocycles. The Morgan fingerprint density at radius 3 is 2.54 bits per heavy atom. The quantitative estimate of drug-likeness (QED) is 0.518. The third-order valence-electron chi connectivity index (χ3n) is 5.85. The zero-order chi connectivity index (χ0) is 26.2. The Kier molecular flexibility index (Phi) is 9.84. The number of alkyl halides is 3. The lowest BCUT2D eigenvalue weighted by atomic mass is 9.80. The van der Waals surface area contributed by atoms with Crippen LogP contribution in [0.3, 0.4) is 0 Å². The standard InChI is InChI=1S/C22H31N3O3.C2HF3O2/c1-16(2)14-18(22(21(23)27)15-24-11-5-13-28-22)8-9-20(26)25-12-10-17-6-3-4-7-19(17)25;3-2(4,5)1(6)7/h3-4,6-9,16,18,24H,5,10-15H2,1-2H3,(H2,23,27);(H,6,7)/t18-,22-;/m1./s1. The number of amides is 2. The van der Waals surface area contributed by atoms with E-state index < -0.39 is 23.7 Å². The molecule has 0 radical (unpaired) electrons. The second-order valence-corrected chi connectivity index (χ2v) is 8.90. The number of hydrogen-bond acceptors (Lipinski definition) is 5. The summed E-state index contributed by atoms with van der Waals surface area (Å²) < 4.78 is 37.8. The average molecular weight is 500 g/mol. The number of benzene rings is 1. The fourth-order valence-electron chi connectivity index (χ4n) is 4.14. The van der Waals surface area contributed by atoms with E-state index in [4.69, 9.17) is 20.4 Å². The highest BCUT2D eigenvalue weighted by molar-refractivity contribution is 6.03. The van der Waals surface area contributed by atoms with Crippen LogP contribution in [-0.2, 0) is 25.5 Å². The highest BCUT2D eigenvalue weighted by atomic mass is 19.4. The zero-order valence-corrected chi connectivity index (χ0v) is 19.8. The van der Waals surface area contributed by atoms with Crippen molar-refractivity contribution in [2.45, 2.75) is 44.9 Å². The van der Waals surface area contributed by atoms with Gasteiger partial charge in [0.15, 0.2) is 5.60 Å². The Labute approximate surface area is 202 Å². The molecule has 2 atom stereocenters. The first-order chi connectivity index (χ1) is 16.4. The number of carbonyl (C=O) groups is 3. The number of hydrogen-bond donors (Lipinski definition) is 3. The van der Waals surface area contributed by atoms with Crippen LogP contribution in [0, 0.1) is 11.8 Å². The maximum Gasteiger partial charge on any atom is 0.490 e. The number of carboxylic acids is 1. The van der Waals surface area contributed by atoms with Crippen LogP contribution in [-0.4, -0.2) is 60.9 Å². The molecule has 2 aliphatic heterocycles. The molecule has 1 saturated heterocycles.